The molecule has 0 aliphatic rings. The zero-order chi connectivity index (χ0) is 15.8. The molecule has 0 aliphatic carbocycles. The molecule has 118 valence electrons. The minimum atomic E-state index is -3.99. The van der Waals surface area contributed by atoms with Gasteiger partial charge in [0.05, 0.1) is 11.5 Å². The van der Waals surface area contributed by atoms with Gasteiger partial charge in [-0.15, -0.1) is 0 Å². The molecular formula is C10H18O8S2. The summed E-state index contributed by atoms with van der Waals surface area (Å²) < 4.78 is 53.5. The summed E-state index contributed by atoms with van der Waals surface area (Å²) in [6, 6.07) is 0. The van der Waals surface area contributed by atoms with Crippen molar-refractivity contribution in [1.29, 1.82) is 0 Å². The van der Waals surface area contributed by atoms with Gasteiger partial charge in [0.25, 0.3) is 0 Å². The molecule has 0 N–H and O–H groups in total. The fraction of sp³-hybridized carbons (Fsp3) is 0.800. The van der Waals surface area contributed by atoms with Gasteiger partial charge in [0.15, 0.2) is 0 Å². The number of carbonyl (C=O) groups is 2. The van der Waals surface area contributed by atoms with Gasteiger partial charge >= 0.3 is 32.2 Å². The van der Waals surface area contributed by atoms with Crippen molar-refractivity contribution in [3.8, 4) is 0 Å². The molecule has 0 unspecified atom stereocenters. The molecule has 8 nitrogen and oxygen atoms in total. The Kier molecular flexibility index (Phi) is 7.72. The second-order valence-corrected chi connectivity index (χ2v) is 7.23. The molecule has 0 saturated heterocycles. The van der Waals surface area contributed by atoms with Crippen LogP contribution < -0.4 is 0 Å². The van der Waals surface area contributed by atoms with Crippen LogP contribution in [0.1, 0.15) is 39.5 Å². The standard InChI is InChI=1S/C10H18O8S2/c1-3-9(11)17-19(13,14)7-5-6-8-20(15,16)18-10(12)4-2/h3-8H2,1-2H3. The van der Waals surface area contributed by atoms with Crippen molar-refractivity contribution in [3.05, 3.63) is 0 Å². The summed E-state index contributed by atoms with van der Waals surface area (Å²) in [5.41, 5.74) is 0. The van der Waals surface area contributed by atoms with Crippen LogP contribution in [0, 0.1) is 0 Å². The summed E-state index contributed by atoms with van der Waals surface area (Å²) in [7, 11) is -7.98. The fourth-order valence-electron chi connectivity index (χ4n) is 1.04. The lowest BCUT2D eigenvalue weighted by atomic mass is 10.4. The van der Waals surface area contributed by atoms with Crippen LogP contribution in [0.25, 0.3) is 0 Å². The van der Waals surface area contributed by atoms with Gasteiger partial charge in [0, 0.05) is 12.8 Å². The molecule has 0 aromatic rings. The quantitative estimate of drug-likeness (QED) is 0.438. The zero-order valence-electron chi connectivity index (χ0n) is 11.3. The lowest BCUT2D eigenvalue weighted by Gasteiger charge is -2.05. The average molecular weight is 330 g/mol. The summed E-state index contributed by atoms with van der Waals surface area (Å²) in [5.74, 6) is -2.68. The Morgan fingerprint density at radius 1 is 0.750 bits per heavy atom. The van der Waals surface area contributed by atoms with E-state index in [4.69, 9.17) is 0 Å². The van der Waals surface area contributed by atoms with Crippen molar-refractivity contribution in [2.24, 2.45) is 0 Å². The first-order valence-electron chi connectivity index (χ1n) is 6.02. The highest BCUT2D eigenvalue weighted by atomic mass is 32.2. The Labute approximate surface area is 118 Å². The number of carbonyl (C=O) groups excluding carboxylic acids is 2. The molecular weight excluding hydrogens is 312 g/mol. The lowest BCUT2D eigenvalue weighted by molar-refractivity contribution is -0.134. The minimum Gasteiger partial charge on any atom is -0.346 e. The van der Waals surface area contributed by atoms with E-state index < -0.39 is 43.7 Å². The molecule has 0 aliphatic heterocycles. The third-order valence-electron chi connectivity index (χ3n) is 2.06. The maximum absolute atomic E-state index is 11.3. The monoisotopic (exact) mass is 330 g/mol. The molecule has 0 fully saturated rings. The van der Waals surface area contributed by atoms with Crippen molar-refractivity contribution in [2.45, 2.75) is 39.5 Å². The molecule has 0 heterocycles. The highest BCUT2D eigenvalue weighted by Crippen LogP contribution is 2.05. The number of hydrogen-bond acceptors (Lipinski definition) is 8. The second-order valence-electron chi connectivity index (χ2n) is 3.85. The Hall–Kier alpha value is -1.16. The van der Waals surface area contributed by atoms with E-state index >= 15 is 0 Å². The molecule has 0 bridgehead atoms. The summed E-state index contributed by atoms with van der Waals surface area (Å²) >= 11 is 0. The highest BCUT2D eigenvalue weighted by molar-refractivity contribution is 7.87. The first-order chi connectivity index (χ1) is 9.12. The van der Waals surface area contributed by atoms with E-state index in [-0.39, 0.29) is 25.7 Å². The van der Waals surface area contributed by atoms with E-state index in [1.807, 2.05) is 0 Å². The average Bonchev–Trinajstić information content (AvgIpc) is 2.33. The van der Waals surface area contributed by atoms with Crippen molar-refractivity contribution < 1.29 is 34.8 Å². The fourth-order valence-corrected chi connectivity index (χ4v) is 3.13. The predicted molar refractivity (Wildman–Crippen MR) is 69.6 cm³/mol. The molecule has 0 spiro atoms. The summed E-state index contributed by atoms with van der Waals surface area (Å²) in [6.45, 7) is 2.90. The number of rotatable bonds is 9. The molecule has 0 rings (SSSR count). The molecule has 0 saturated carbocycles. The highest BCUT2D eigenvalue weighted by Gasteiger charge is 2.18. The van der Waals surface area contributed by atoms with E-state index in [0.717, 1.165) is 0 Å². The Morgan fingerprint density at radius 3 is 1.30 bits per heavy atom. The number of unbranched alkanes of at least 4 members (excludes halogenated alkanes) is 1. The minimum absolute atomic E-state index is 0.0256. The third-order valence-corrected chi connectivity index (χ3v) is 4.51. The first kappa shape index (κ1) is 18.8. The van der Waals surface area contributed by atoms with Crippen LogP contribution in [0.4, 0.5) is 0 Å². The van der Waals surface area contributed by atoms with Gasteiger partial charge in [-0.05, 0) is 12.8 Å². The SMILES string of the molecule is CCC(=O)OS(=O)(=O)CCCCS(=O)(=O)OC(=O)CC. The van der Waals surface area contributed by atoms with Crippen LogP contribution in [0.5, 0.6) is 0 Å². The van der Waals surface area contributed by atoms with Crippen molar-refractivity contribution in [2.75, 3.05) is 11.5 Å². The predicted octanol–water partition coefficient (Wildman–Crippen LogP) is 0.333. The second kappa shape index (κ2) is 8.20. The molecule has 0 aromatic carbocycles. The van der Waals surface area contributed by atoms with E-state index in [1.165, 1.54) is 13.8 Å². The van der Waals surface area contributed by atoms with Crippen LogP contribution >= 0.6 is 0 Å². The summed E-state index contributed by atoms with van der Waals surface area (Å²) in [6.07, 6.45) is -0.189. The van der Waals surface area contributed by atoms with Crippen LogP contribution in [-0.2, 0) is 38.2 Å². The Bertz CT molecular complexity index is 482. The summed E-state index contributed by atoms with van der Waals surface area (Å²) in [5, 5.41) is 0. The molecule has 20 heavy (non-hydrogen) atoms. The van der Waals surface area contributed by atoms with E-state index in [1.54, 1.807) is 0 Å². The van der Waals surface area contributed by atoms with Crippen LogP contribution in [0.2, 0.25) is 0 Å². The molecule has 10 heteroatoms. The smallest absolute Gasteiger partial charge is 0.321 e. The van der Waals surface area contributed by atoms with Gasteiger partial charge < -0.3 is 8.37 Å². The van der Waals surface area contributed by atoms with Crippen LogP contribution in [-0.4, -0.2) is 40.3 Å². The zero-order valence-corrected chi connectivity index (χ0v) is 13.0. The Balaban J connectivity index is 4.14. The molecule has 0 aromatic heterocycles. The van der Waals surface area contributed by atoms with E-state index in [9.17, 15) is 26.4 Å². The molecule has 0 atom stereocenters. The largest absolute Gasteiger partial charge is 0.346 e. The third kappa shape index (κ3) is 8.86. The Morgan fingerprint density at radius 2 is 1.05 bits per heavy atom. The normalized spacial score (nSPS) is 11.9. The van der Waals surface area contributed by atoms with Gasteiger partial charge in [-0.25, -0.2) is 0 Å². The van der Waals surface area contributed by atoms with Gasteiger partial charge in [-0.1, -0.05) is 13.8 Å². The molecule has 0 amide bonds. The summed E-state index contributed by atoms with van der Waals surface area (Å²) in [4.78, 5) is 21.6. The van der Waals surface area contributed by atoms with Crippen LogP contribution in [0.15, 0.2) is 0 Å². The van der Waals surface area contributed by atoms with Gasteiger partial charge in [0.1, 0.15) is 0 Å². The first-order valence-corrected chi connectivity index (χ1v) is 9.17. The van der Waals surface area contributed by atoms with Crippen molar-refractivity contribution >= 4 is 32.2 Å². The molecule has 0 radical (unpaired) electrons. The van der Waals surface area contributed by atoms with Crippen molar-refractivity contribution in [3.63, 3.8) is 0 Å². The topological polar surface area (TPSA) is 121 Å². The van der Waals surface area contributed by atoms with Gasteiger partial charge in [0.2, 0.25) is 0 Å². The van der Waals surface area contributed by atoms with Crippen LogP contribution in [0.3, 0.4) is 0 Å². The van der Waals surface area contributed by atoms with Gasteiger partial charge in [-0.3, -0.25) is 9.59 Å². The maximum Gasteiger partial charge on any atom is 0.321 e. The number of hydrogen-bond donors (Lipinski definition) is 0. The van der Waals surface area contributed by atoms with Crippen molar-refractivity contribution in [1.82, 2.24) is 0 Å². The lowest BCUT2D eigenvalue weighted by Crippen LogP contribution is -2.18. The van der Waals surface area contributed by atoms with E-state index in [0.29, 0.717) is 0 Å². The van der Waals surface area contributed by atoms with Gasteiger partial charge in [-0.2, -0.15) is 16.8 Å². The van der Waals surface area contributed by atoms with E-state index in [2.05, 4.69) is 8.37 Å². The maximum atomic E-state index is 11.3.